The molecule has 2 heterocycles. The maximum atomic E-state index is 5.67. The van der Waals surface area contributed by atoms with Crippen molar-refractivity contribution < 1.29 is 9.47 Å². The first-order valence-corrected chi connectivity index (χ1v) is 4.63. The Hall–Kier alpha value is -0.0800. The normalized spacial score (nSPS) is 45.0. The van der Waals surface area contributed by atoms with Gasteiger partial charge in [-0.3, -0.25) is 0 Å². The third-order valence-corrected chi connectivity index (χ3v) is 2.70. The first-order chi connectivity index (χ1) is 5.36. The van der Waals surface area contributed by atoms with Crippen molar-refractivity contribution in [2.24, 2.45) is 5.92 Å². The first kappa shape index (κ1) is 7.56. The van der Waals surface area contributed by atoms with Crippen LogP contribution >= 0.6 is 0 Å². The van der Waals surface area contributed by atoms with E-state index in [1.165, 1.54) is 25.7 Å². The molecule has 0 aromatic heterocycles. The second kappa shape index (κ2) is 3.11. The fourth-order valence-electron chi connectivity index (χ4n) is 1.99. The smallest absolute Gasteiger partial charge is 0.160 e. The molecule has 0 aliphatic carbocycles. The van der Waals surface area contributed by atoms with Crippen LogP contribution < -0.4 is 0 Å². The standard InChI is InChI=1S/C9H16O2/c1-7-4-5-8-3-2-6-10-9(8)11-7/h7-9H,2-6H2,1H3/t7?,8-,9+/m1/s1. The second-order valence-electron chi connectivity index (χ2n) is 3.67. The lowest BCUT2D eigenvalue weighted by Gasteiger charge is -2.37. The van der Waals surface area contributed by atoms with Gasteiger partial charge in [-0.25, -0.2) is 0 Å². The topological polar surface area (TPSA) is 18.5 Å². The van der Waals surface area contributed by atoms with Crippen LogP contribution in [0.5, 0.6) is 0 Å². The summed E-state index contributed by atoms with van der Waals surface area (Å²) in [4.78, 5) is 0. The minimum atomic E-state index is 0.132. The van der Waals surface area contributed by atoms with Gasteiger partial charge in [0.2, 0.25) is 0 Å². The molecule has 2 nitrogen and oxygen atoms in total. The van der Waals surface area contributed by atoms with Crippen LogP contribution in [-0.4, -0.2) is 19.0 Å². The Balaban J connectivity index is 1.93. The van der Waals surface area contributed by atoms with Crippen LogP contribution in [0.2, 0.25) is 0 Å². The highest BCUT2D eigenvalue weighted by Crippen LogP contribution is 2.32. The zero-order valence-electron chi connectivity index (χ0n) is 7.08. The molecule has 2 aliphatic rings. The van der Waals surface area contributed by atoms with E-state index in [1.807, 2.05) is 0 Å². The second-order valence-corrected chi connectivity index (χ2v) is 3.67. The van der Waals surface area contributed by atoms with Gasteiger partial charge < -0.3 is 9.47 Å². The summed E-state index contributed by atoms with van der Waals surface area (Å²) in [5.74, 6) is 0.694. The van der Waals surface area contributed by atoms with Gasteiger partial charge in [-0.15, -0.1) is 0 Å². The van der Waals surface area contributed by atoms with Crippen LogP contribution in [0, 0.1) is 5.92 Å². The van der Waals surface area contributed by atoms with Crippen LogP contribution in [0.1, 0.15) is 32.6 Å². The fourth-order valence-corrected chi connectivity index (χ4v) is 1.99. The fraction of sp³-hybridized carbons (Fsp3) is 1.00. The van der Waals surface area contributed by atoms with E-state index in [1.54, 1.807) is 0 Å². The zero-order valence-corrected chi connectivity index (χ0v) is 7.08. The molecule has 64 valence electrons. The molecule has 2 rings (SSSR count). The predicted octanol–water partition coefficient (Wildman–Crippen LogP) is 1.94. The number of rotatable bonds is 0. The summed E-state index contributed by atoms with van der Waals surface area (Å²) in [6.45, 7) is 3.03. The number of hydrogen-bond acceptors (Lipinski definition) is 2. The van der Waals surface area contributed by atoms with Gasteiger partial charge in [-0.1, -0.05) is 0 Å². The van der Waals surface area contributed by atoms with E-state index in [-0.39, 0.29) is 6.29 Å². The van der Waals surface area contributed by atoms with Gasteiger partial charge >= 0.3 is 0 Å². The summed E-state index contributed by atoms with van der Waals surface area (Å²) >= 11 is 0. The Morgan fingerprint density at radius 3 is 3.00 bits per heavy atom. The van der Waals surface area contributed by atoms with Crippen LogP contribution in [0.3, 0.4) is 0 Å². The molecule has 0 N–H and O–H groups in total. The molecule has 2 saturated heterocycles. The van der Waals surface area contributed by atoms with Crippen molar-refractivity contribution in [2.45, 2.75) is 45.0 Å². The van der Waals surface area contributed by atoms with Crippen molar-refractivity contribution >= 4 is 0 Å². The van der Waals surface area contributed by atoms with Crippen LogP contribution in [0.4, 0.5) is 0 Å². The summed E-state index contributed by atoms with van der Waals surface area (Å²) in [5, 5.41) is 0. The highest BCUT2D eigenvalue weighted by atomic mass is 16.7. The van der Waals surface area contributed by atoms with E-state index in [0.29, 0.717) is 12.0 Å². The highest BCUT2D eigenvalue weighted by molar-refractivity contribution is 4.74. The average Bonchev–Trinajstić information content (AvgIpc) is 2.04. The Morgan fingerprint density at radius 1 is 1.18 bits per heavy atom. The quantitative estimate of drug-likeness (QED) is 0.533. The van der Waals surface area contributed by atoms with Gasteiger partial charge in [0.25, 0.3) is 0 Å². The van der Waals surface area contributed by atoms with Crippen LogP contribution in [0.25, 0.3) is 0 Å². The van der Waals surface area contributed by atoms with Gasteiger partial charge in [-0.2, -0.15) is 0 Å². The van der Waals surface area contributed by atoms with Crippen molar-refractivity contribution in [2.75, 3.05) is 6.61 Å². The van der Waals surface area contributed by atoms with Crippen molar-refractivity contribution in [1.82, 2.24) is 0 Å². The zero-order chi connectivity index (χ0) is 7.68. The van der Waals surface area contributed by atoms with E-state index >= 15 is 0 Å². The minimum Gasteiger partial charge on any atom is -0.352 e. The molecular weight excluding hydrogens is 140 g/mol. The molecule has 11 heavy (non-hydrogen) atoms. The van der Waals surface area contributed by atoms with Gasteiger partial charge in [-0.05, 0) is 32.6 Å². The summed E-state index contributed by atoms with van der Waals surface area (Å²) in [7, 11) is 0. The van der Waals surface area contributed by atoms with Crippen LogP contribution in [0.15, 0.2) is 0 Å². The van der Waals surface area contributed by atoms with Crippen molar-refractivity contribution in [1.29, 1.82) is 0 Å². The predicted molar refractivity (Wildman–Crippen MR) is 42.2 cm³/mol. The molecule has 2 heteroatoms. The Bertz CT molecular complexity index is 136. The third kappa shape index (κ3) is 1.57. The number of ether oxygens (including phenoxy) is 2. The molecule has 0 bridgehead atoms. The molecule has 3 atom stereocenters. The summed E-state index contributed by atoms with van der Waals surface area (Å²) in [6.07, 6.45) is 5.58. The van der Waals surface area contributed by atoms with Gasteiger partial charge in [0.15, 0.2) is 6.29 Å². The molecule has 0 aromatic rings. The van der Waals surface area contributed by atoms with Crippen LogP contribution in [-0.2, 0) is 9.47 Å². The summed E-state index contributed by atoms with van der Waals surface area (Å²) in [6, 6.07) is 0. The molecule has 0 saturated carbocycles. The summed E-state index contributed by atoms with van der Waals surface area (Å²) in [5.41, 5.74) is 0. The molecule has 0 amide bonds. The largest absolute Gasteiger partial charge is 0.352 e. The molecule has 2 aliphatic heterocycles. The lowest BCUT2D eigenvalue weighted by atomic mass is 9.91. The summed E-state index contributed by atoms with van der Waals surface area (Å²) < 4.78 is 11.2. The molecule has 2 fully saturated rings. The van der Waals surface area contributed by atoms with Crippen molar-refractivity contribution in [3.8, 4) is 0 Å². The number of fused-ring (bicyclic) bond motifs is 1. The lowest BCUT2D eigenvalue weighted by molar-refractivity contribution is -0.234. The Morgan fingerprint density at radius 2 is 2.09 bits per heavy atom. The lowest BCUT2D eigenvalue weighted by Crippen LogP contribution is -2.38. The minimum absolute atomic E-state index is 0.132. The molecule has 1 unspecified atom stereocenters. The molecule has 0 aromatic carbocycles. The monoisotopic (exact) mass is 156 g/mol. The van der Waals surface area contributed by atoms with E-state index in [2.05, 4.69) is 6.92 Å². The third-order valence-electron chi connectivity index (χ3n) is 2.70. The average molecular weight is 156 g/mol. The SMILES string of the molecule is CC1CC[C@H]2CCCO[C@H]2O1. The van der Waals surface area contributed by atoms with Gasteiger partial charge in [0.05, 0.1) is 6.10 Å². The maximum absolute atomic E-state index is 5.67. The van der Waals surface area contributed by atoms with Crippen molar-refractivity contribution in [3.05, 3.63) is 0 Å². The maximum Gasteiger partial charge on any atom is 0.160 e. The van der Waals surface area contributed by atoms with Gasteiger partial charge in [0, 0.05) is 12.5 Å². The van der Waals surface area contributed by atoms with Crippen molar-refractivity contribution in [3.63, 3.8) is 0 Å². The molecule has 0 spiro atoms. The van der Waals surface area contributed by atoms with Gasteiger partial charge in [0.1, 0.15) is 0 Å². The van der Waals surface area contributed by atoms with E-state index < -0.39 is 0 Å². The highest BCUT2D eigenvalue weighted by Gasteiger charge is 2.31. The first-order valence-electron chi connectivity index (χ1n) is 4.63. The molecular formula is C9H16O2. The van der Waals surface area contributed by atoms with E-state index in [0.717, 1.165) is 6.61 Å². The van der Waals surface area contributed by atoms with E-state index in [9.17, 15) is 0 Å². The number of hydrogen-bond donors (Lipinski definition) is 0. The Kier molecular flexibility index (Phi) is 2.14. The Labute approximate surface area is 67.9 Å². The van der Waals surface area contributed by atoms with E-state index in [4.69, 9.17) is 9.47 Å². The molecule has 0 radical (unpaired) electrons.